The van der Waals surface area contributed by atoms with Gasteiger partial charge in [-0.05, 0) is 37.1 Å². The zero-order valence-electron chi connectivity index (χ0n) is 17.5. The molecule has 166 valence electrons. The maximum Gasteiger partial charge on any atom is 0.194 e. The molecule has 31 heavy (non-hydrogen) atoms. The van der Waals surface area contributed by atoms with E-state index < -0.39 is 0 Å². The van der Waals surface area contributed by atoms with Crippen molar-refractivity contribution in [2.24, 2.45) is 4.99 Å². The number of guanidine groups is 1. The van der Waals surface area contributed by atoms with Crippen molar-refractivity contribution in [3.8, 4) is 10.8 Å². The Kier molecular flexibility index (Phi) is 7.47. The van der Waals surface area contributed by atoms with Gasteiger partial charge in [0, 0.05) is 26.7 Å². The summed E-state index contributed by atoms with van der Waals surface area (Å²) in [5.41, 5.74) is 1.00. The molecule has 0 saturated carbocycles. The Morgan fingerprint density at radius 1 is 1.19 bits per heavy atom. The summed E-state index contributed by atoms with van der Waals surface area (Å²) in [5, 5.41) is 4.33. The van der Waals surface area contributed by atoms with Gasteiger partial charge >= 0.3 is 0 Å². The summed E-state index contributed by atoms with van der Waals surface area (Å²) < 4.78 is 19.0. The minimum atomic E-state index is 0. The van der Waals surface area contributed by atoms with Crippen molar-refractivity contribution < 1.29 is 13.9 Å². The number of aromatic nitrogens is 1. The van der Waals surface area contributed by atoms with Crippen molar-refractivity contribution in [3.05, 3.63) is 42.2 Å². The fraction of sp³-hybridized carbons (Fsp3) is 0.455. The quantitative estimate of drug-likeness (QED) is 0.297. The number of nitrogens with one attached hydrogen (secondary N) is 1. The standard InChI is InChI=1S/C22H26N4O3S.HI/c1-23-22(26-10-12-28-19(14-26)17-6-4-11-27-17)24-13-15-8-9-18(29-15)21-25-16-5-2-3-7-20(16)30-21;/h2-3,5,7-9,17,19H,4,6,10-14H2,1H3,(H,23,24);1H. The molecule has 9 heteroatoms. The molecule has 2 unspecified atom stereocenters. The van der Waals surface area contributed by atoms with Gasteiger partial charge in [-0.15, -0.1) is 35.3 Å². The van der Waals surface area contributed by atoms with Crippen LogP contribution in [-0.4, -0.2) is 61.4 Å². The minimum absolute atomic E-state index is 0. The summed E-state index contributed by atoms with van der Waals surface area (Å²) in [4.78, 5) is 11.4. The molecule has 5 rings (SSSR count). The summed E-state index contributed by atoms with van der Waals surface area (Å²) in [6.45, 7) is 3.71. The van der Waals surface area contributed by atoms with Crippen LogP contribution in [-0.2, 0) is 16.0 Å². The monoisotopic (exact) mass is 554 g/mol. The van der Waals surface area contributed by atoms with Crippen molar-refractivity contribution >= 4 is 51.5 Å². The number of fused-ring (bicyclic) bond motifs is 1. The van der Waals surface area contributed by atoms with Gasteiger partial charge in [0.25, 0.3) is 0 Å². The van der Waals surface area contributed by atoms with E-state index in [-0.39, 0.29) is 36.2 Å². The largest absolute Gasteiger partial charge is 0.457 e. The number of hydrogen-bond donors (Lipinski definition) is 1. The molecule has 0 aliphatic carbocycles. The lowest BCUT2D eigenvalue weighted by Crippen LogP contribution is -2.53. The number of ether oxygens (including phenoxy) is 2. The van der Waals surface area contributed by atoms with Crippen molar-refractivity contribution in [2.45, 2.75) is 31.6 Å². The second-order valence-corrected chi connectivity index (χ2v) is 8.59. The van der Waals surface area contributed by atoms with Gasteiger partial charge in [0.05, 0.1) is 29.5 Å². The molecular formula is C22H27IN4O3S. The first-order valence-electron chi connectivity index (χ1n) is 10.4. The predicted molar refractivity (Wildman–Crippen MR) is 133 cm³/mol. The summed E-state index contributed by atoms with van der Waals surface area (Å²) in [7, 11) is 1.81. The van der Waals surface area contributed by atoms with Gasteiger partial charge < -0.3 is 24.1 Å². The molecule has 0 amide bonds. The molecule has 2 saturated heterocycles. The van der Waals surface area contributed by atoms with Gasteiger partial charge in [-0.25, -0.2) is 4.98 Å². The van der Waals surface area contributed by atoms with Crippen LogP contribution in [0.4, 0.5) is 0 Å². The van der Waals surface area contributed by atoms with E-state index in [0.717, 1.165) is 65.2 Å². The smallest absolute Gasteiger partial charge is 0.194 e. The number of thiazole rings is 1. The Morgan fingerprint density at radius 3 is 2.87 bits per heavy atom. The summed E-state index contributed by atoms with van der Waals surface area (Å²) in [5.74, 6) is 2.52. The Hall–Kier alpha value is -1.69. The number of nitrogens with zero attached hydrogens (tertiary/aromatic N) is 3. The number of rotatable bonds is 4. The lowest BCUT2D eigenvalue weighted by molar-refractivity contribution is -0.0817. The van der Waals surface area contributed by atoms with E-state index in [4.69, 9.17) is 13.9 Å². The molecule has 3 aromatic rings. The van der Waals surface area contributed by atoms with E-state index in [9.17, 15) is 0 Å². The molecular weight excluding hydrogens is 527 g/mol. The minimum Gasteiger partial charge on any atom is -0.457 e. The van der Waals surface area contributed by atoms with E-state index in [1.807, 2.05) is 37.4 Å². The number of halogens is 1. The van der Waals surface area contributed by atoms with Crippen LogP contribution in [0, 0.1) is 0 Å². The number of furan rings is 1. The second-order valence-electron chi connectivity index (χ2n) is 7.56. The third-order valence-corrected chi connectivity index (χ3v) is 6.62. The molecule has 0 radical (unpaired) electrons. The number of hydrogen-bond acceptors (Lipinski definition) is 6. The number of aliphatic imine (C=N–C) groups is 1. The Morgan fingerprint density at radius 2 is 2.06 bits per heavy atom. The van der Waals surface area contributed by atoms with Crippen LogP contribution in [0.3, 0.4) is 0 Å². The molecule has 2 aromatic heterocycles. The predicted octanol–water partition coefficient (Wildman–Crippen LogP) is 4.13. The summed E-state index contributed by atoms with van der Waals surface area (Å²) >= 11 is 1.64. The van der Waals surface area contributed by atoms with Crippen molar-refractivity contribution in [1.29, 1.82) is 0 Å². The highest BCUT2D eigenvalue weighted by Gasteiger charge is 2.32. The lowest BCUT2D eigenvalue weighted by Gasteiger charge is -2.37. The molecule has 2 aliphatic heterocycles. The van der Waals surface area contributed by atoms with Gasteiger partial charge in [-0.3, -0.25) is 4.99 Å². The Labute approximate surface area is 202 Å². The number of benzene rings is 1. The molecule has 4 heterocycles. The molecule has 0 bridgehead atoms. The SMILES string of the molecule is CN=C(NCc1ccc(-c2nc3ccccc3s2)o1)N1CCOC(C2CCCO2)C1.I. The maximum atomic E-state index is 6.05. The van der Waals surface area contributed by atoms with Crippen LogP contribution in [0.5, 0.6) is 0 Å². The Bertz CT molecular complexity index is 998. The van der Waals surface area contributed by atoms with Crippen molar-refractivity contribution in [1.82, 2.24) is 15.2 Å². The highest BCUT2D eigenvalue weighted by atomic mass is 127. The third kappa shape index (κ3) is 5.05. The molecule has 2 aliphatic rings. The van der Waals surface area contributed by atoms with Gasteiger partial charge in [0.2, 0.25) is 0 Å². The first kappa shape index (κ1) is 22.5. The average Bonchev–Trinajstić information content (AvgIpc) is 3.54. The van der Waals surface area contributed by atoms with E-state index in [2.05, 4.69) is 26.3 Å². The normalized spacial score (nSPS) is 22.0. The molecule has 7 nitrogen and oxygen atoms in total. The van der Waals surface area contributed by atoms with Crippen LogP contribution >= 0.6 is 35.3 Å². The van der Waals surface area contributed by atoms with Gasteiger partial charge in [-0.2, -0.15) is 0 Å². The van der Waals surface area contributed by atoms with Crippen LogP contribution in [0.25, 0.3) is 21.0 Å². The summed E-state index contributed by atoms with van der Waals surface area (Å²) in [6.07, 6.45) is 2.50. The highest BCUT2D eigenvalue weighted by molar-refractivity contribution is 14.0. The number of morpholine rings is 1. The van der Waals surface area contributed by atoms with Crippen molar-refractivity contribution in [2.75, 3.05) is 33.4 Å². The van der Waals surface area contributed by atoms with E-state index >= 15 is 0 Å². The fourth-order valence-corrected chi connectivity index (χ4v) is 4.98. The first-order chi connectivity index (χ1) is 14.8. The lowest BCUT2D eigenvalue weighted by atomic mass is 10.1. The molecule has 1 aromatic carbocycles. The topological polar surface area (TPSA) is 72.1 Å². The zero-order valence-corrected chi connectivity index (χ0v) is 20.6. The second kappa shape index (κ2) is 10.3. The van der Waals surface area contributed by atoms with Crippen LogP contribution in [0.2, 0.25) is 0 Å². The van der Waals surface area contributed by atoms with E-state index in [1.165, 1.54) is 0 Å². The molecule has 0 spiro atoms. The van der Waals surface area contributed by atoms with Crippen LogP contribution in [0.1, 0.15) is 18.6 Å². The Balaban J connectivity index is 0.00000231. The van der Waals surface area contributed by atoms with Gasteiger partial charge in [0.15, 0.2) is 16.7 Å². The number of para-hydroxylation sites is 1. The van der Waals surface area contributed by atoms with E-state index in [1.54, 1.807) is 11.3 Å². The van der Waals surface area contributed by atoms with Crippen LogP contribution < -0.4 is 5.32 Å². The zero-order chi connectivity index (χ0) is 20.3. The van der Waals surface area contributed by atoms with E-state index in [0.29, 0.717) is 13.2 Å². The fourth-order valence-electron chi connectivity index (χ4n) is 4.05. The molecule has 1 N–H and O–H groups in total. The molecule has 2 atom stereocenters. The summed E-state index contributed by atoms with van der Waals surface area (Å²) in [6, 6.07) is 12.1. The molecule has 2 fully saturated rings. The highest BCUT2D eigenvalue weighted by Crippen LogP contribution is 2.31. The van der Waals surface area contributed by atoms with Gasteiger partial charge in [0.1, 0.15) is 11.9 Å². The maximum absolute atomic E-state index is 6.05. The first-order valence-corrected chi connectivity index (χ1v) is 11.3. The third-order valence-electron chi connectivity index (χ3n) is 5.57. The van der Waals surface area contributed by atoms with Gasteiger partial charge in [-0.1, -0.05) is 12.1 Å². The average molecular weight is 554 g/mol. The van der Waals surface area contributed by atoms with Crippen molar-refractivity contribution in [3.63, 3.8) is 0 Å². The van der Waals surface area contributed by atoms with Crippen LogP contribution in [0.15, 0.2) is 45.8 Å².